The predicted octanol–water partition coefficient (Wildman–Crippen LogP) is 2.39. The molecule has 0 bridgehead atoms. The summed E-state index contributed by atoms with van der Waals surface area (Å²) in [5.74, 6) is -0.0722. The number of rotatable bonds is 5. The lowest BCUT2D eigenvalue weighted by Crippen LogP contribution is -2.25. The largest absolute Gasteiger partial charge is 0.350 e. The molecule has 0 atom stereocenters. The quantitative estimate of drug-likeness (QED) is 0.760. The van der Waals surface area contributed by atoms with Crippen molar-refractivity contribution in [2.24, 2.45) is 4.99 Å². The number of fused-ring (bicyclic) bond motifs is 1. The van der Waals surface area contributed by atoms with E-state index >= 15 is 0 Å². The van der Waals surface area contributed by atoms with Crippen LogP contribution in [0.5, 0.6) is 0 Å². The van der Waals surface area contributed by atoms with Gasteiger partial charge < -0.3 is 5.32 Å². The first-order valence-electron chi connectivity index (χ1n) is 8.81. The first-order chi connectivity index (χ1) is 13.2. The second kappa shape index (κ2) is 7.45. The summed E-state index contributed by atoms with van der Waals surface area (Å²) in [5.41, 5.74) is 6.64. The number of nitrogens with zero attached hydrogens (tertiary/aromatic N) is 4. The Hall–Kier alpha value is -3.41. The molecule has 134 valence electrons. The normalized spacial score (nSPS) is 12.4. The molecule has 0 saturated carbocycles. The molecule has 3 aromatic rings. The van der Waals surface area contributed by atoms with Gasteiger partial charge in [-0.2, -0.15) is 0 Å². The number of aliphatic imine (C=N–C) groups is 1. The smallest absolute Gasteiger partial charge is 0.226 e. The zero-order valence-electron chi connectivity index (χ0n) is 15.0. The summed E-state index contributed by atoms with van der Waals surface area (Å²) in [6.45, 7) is 2.99. The fourth-order valence-electron chi connectivity index (χ4n) is 3.10. The highest BCUT2D eigenvalue weighted by molar-refractivity contribution is 6.15. The van der Waals surface area contributed by atoms with Crippen LogP contribution in [0.25, 0.3) is 0 Å². The lowest BCUT2D eigenvalue weighted by atomic mass is 10.0. The molecule has 0 aliphatic carbocycles. The molecule has 0 spiro atoms. The molecule has 1 aliphatic heterocycles. The van der Waals surface area contributed by atoms with Crippen molar-refractivity contribution in [3.05, 3.63) is 88.8 Å². The highest BCUT2D eigenvalue weighted by atomic mass is 16.1. The lowest BCUT2D eigenvalue weighted by molar-refractivity contribution is -0.120. The van der Waals surface area contributed by atoms with E-state index in [1.165, 1.54) is 0 Å². The van der Waals surface area contributed by atoms with Gasteiger partial charge in [-0.15, -0.1) is 0 Å². The van der Waals surface area contributed by atoms with Crippen LogP contribution in [-0.4, -0.2) is 26.6 Å². The summed E-state index contributed by atoms with van der Waals surface area (Å²) in [6.07, 6.45) is 5.56. The molecule has 4 rings (SSSR count). The fraction of sp³-hybridized carbons (Fsp3) is 0.190. The molecule has 0 saturated heterocycles. The molecule has 0 fully saturated rings. The van der Waals surface area contributed by atoms with E-state index < -0.39 is 0 Å². The Morgan fingerprint density at radius 3 is 2.81 bits per heavy atom. The number of hydrogen-bond acceptors (Lipinski definition) is 5. The maximum absolute atomic E-state index is 12.2. The van der Waals surface area contributed by atoms with Gasteiger partial charge >= 0.3 is 0 Å². The molecule has 6 nitrogen and oxygen atoms in total. The topological polar surface area (TPSA) is 80.1 Å². The molecule has 0 radical (unpaired) electrons. The molecular formula is C21H19N5O. The van der Waals surface area contributed by atoms with Gasteiger partial charge in [0.1, 0.15) is 0 Å². The van der Waals surface area contributed by atoms with Gasteiger partial charge in [0, 0.05) is 35.4 Å². The number of carbonyl (C=O) groups is 1. The van der Waals surface area contributed by atoms with Crippen LogP contribution in [0.3, 0.4) is 0 Å². The Morgan fingerprint density at radius 1 is 1.07 bits per heavy atom. The molecule has 1 aliphatic rings. The Kier molecular flexibility index (Phi) is 4.70. The third-order valence-corrected chi connectivity index (χ3v) is 4.41. The van der Waals surface area contributed by atoms with Gasteiger partial charge in [0.25, 0.3) is 0 Å². The van der Waals surface area contributed by atoms with Crippen molar-refractivity contribution in [3.63, 3.8) is 0 Å². The monoisotopic (exact) mass is 357 g/mol. The average molecular weight is 357 g/mol. The Balaban J connectivity index is 1.43. The number of amides is 1. The first kappa shape index (κ1) is 17.0. The van der Waals surface area contributed by atoms with Crippen molar-refractivity contribution >= 4 is 11.6 Å². The molecule has 27 heavy (non-hydrogen) atoms. The summed E-state index contributed by atoms with van der Waals surface area (Å²) in [6, 6.07) is 11.6. The maximum atomic E-state index is 12.2. The SMILES string of the molecule is Cc1cc(C2=NCc3cc(CC(=O)NCc4ccccn4)ncc32)ccn1. The van der Waals surface area contributed by atoms with Crippen molar-refractivity contribution < 1.29 is 4.79 Å². The van der Waals surface area contributed by atoms with Crippen molar-refractivity contribution in [3.8, 4) is 0 Å². The minimum Gasteiger partial charge on any atom is -0.350 e. The Labute approximate surface area is 157 Å². The van der Waals surface area contributed by atoms with Gasteiger partial charge in [0.15, 0.2) is 0 Å². The maximum Gasteiger partial charge on any atom is 0.226 e. The van der Waals surface area contributed by atoms with Gasteiger partial charge in [-0.25, -0.2) is 0 Å². The van der Waals surface area contributed by atoms with Crippen LogP contribution < -0.4 is 5.32 Å². The lowest BCUT2D eigenvalue weighted by Gasteiger charge is -2.07. The summed E-state index contributed by atoms with van der Waals surface area (Å²) < 4.78 is 0. The Morgan fingerprint density at radius 2 is 2.00 bits per heavy atom. The van der Waals surface area contributed by atoms with Crippen LogP contribution in [0.2, 0.25) is 0 Å². The predicted molar refractivity (Wildman–Crippen MR) is 102 cm³/mol. The fourth-order valence-corrected chi connectivity index (χ4v) is 3.10. The number of aryl methyl sites for hydroxylation is 1. The van der Waals surface area contributed by atoms with Gasteiger partial charge in [0.05, 0.1) is 36.6 Å². The van der Waals surface area contributed by atoms with Crippen molar-refractivity contribution in [2.75, 3.05) is 0 Å². The van der Waals surface area contributed by atoms with E-state index in [0.29, 0.717) is 13.1 Å². The molecular weight excluding hydrogens is 338 g/mol. The minimum atomic E-state index is -0.0722. The first-order valence-corrected chi connectivity index (χ1v) is 8.81. The van der Waals surface area contributed by atoms with E-state index in [4.69, 9.17) is 0 Å². The van der Waals surface area contributed by atoms with Crippen molar-refractivity contribution in [2.45, 2.75) is 26.4 Å². The van der Waals surface area contributed by atoms with E-state index in [9.17, 15) is 4.79 Å². The van der Waals surface area contributed by atoms with Gasteiger partial charge in [-0.1, -0.05) is 6.07 Å². The molecule has 3 aromatic heterocycles. The number of carbonyl (C=O) groups excluding carboxylic acids is 1. The summed E-state index contributed by atoms with van der Waals surface area (Å²) >= 11 is 0. The van der Waals surface area contributed by atoms with Crippen LogP contribution in [-0.2, 0) is 24.3 Å². The molecule has 0 unspecified atom stereocenters. The Bertz CT molecular complexity index is 1010. The van der Waals surface area contributed by atoms with Gasteiger partial charge in [0.2, 0.25) is 5.91 Å². The molecule has 0 aromatic carbocycles. The minimum absolute atomic E-state index is 0.0722. The van der Waals surface area contributed by atoms with E-state index in [2.05, 4.69) is 25.3 Å². The highest BCUT2D eigenvalue weighted by Gasteiger charge is 2.19. The molecule has 1 N–H and O–H groups in total. The van der Waals surface area contributed by atoms with Crippen LogP contribution in [0.15, 0.2) is 60.0 Å². The van der Waals surface area contributed by atoms with E-state index in [1.54, 1.807) is 12.4 Å². The van der Waals surface area contributed by atoms with Crippen molar-refractivity contribution in [1.82, 2.24) is 20.3 Å². The van der Waals surface area contributed by atoms with Crippen LogP contribution in [0.4, 0.5) is 0 Å². The molecule has 1 amide bonds. The molecule has 4 heterocycles. The summed E-state index contributed by atoms with van der Waals surface area (Å²) in [7, 11) is 0. The zero-order chi connectivity index (χ0) is 18.6. The number of pyridine rings is 3. The third-order valence-electron chi connectivity index (χ3n) is 4.41. The van der Waals surface area contributed by atoms with Crippen molar-refractivity contribution in [1.29, 1.82) is 0 Å². The number of aromatic nitrogens is 3. The second-order valence-electron chi connectivity index (χ2n) is 6.46. The zero-order valence-corrected chi connectivity index (χ0v) is 15.0. The van der Waals surface area contributed by atoms with Gasteiger partial charge in [-0.05, 0) is 42.8 Å². The van der Waals surface area contributed by atoms with E-state index in [1.807, 2.05) is 49.5 Å². The third kappa shape index (κ3) is 3.89. The van der Waals surface area contributed by atoms with Gasteiger partial charge in [-0.3, -0.25) is 24.7 Å². The second-order valence-corrected chi connectivity index (χ2v) is 6.46. The number of hydrogen-bond donors (Lipinski definition) is 1. The number of nitrogens with one attached hydrogen (secondary N) is 1. The van der Waals surface area contributed by atoms with E-state index in [0.717, 1.165) is 39.5 Å². The summed E-state index contributed by atoms with van der Waals surface area (Å²) in [4.78, 5) is 29.7. The van der Waals surface area contributed by atoms with Crippen LogP contribution >= 0.6 is 0 Å². The van der Waals surface area contributed by atoms with E-state index in [-0.39, 0.29) is 12.3 Å². The van der Waals surface area contributed by atoms with Crippen LogP contribution in [0, 0.1) is 6.92 Å². The molecule has 6 heteroatoms. The van der Waals surface area contributed by atoms with Crippen LogP contribution in [0.1, 0.15) is 33.8 Å². The highest BCUT2D eigenvalue weighted by Crippen LogP contribution is 2.23. The standard InChI is InChI=1S/C21H19N5O/c1-14-8-15(5-7-22-14)21-19-13-24-18(9-16(19)11-26-21)10-20(27)25-12-17-4-2-3-6-23-17/h2-9,13H,10-12H2,1H3,(H,25,27). The summed E-state index contributed by atoms with van der Waals surface area (Å²) in [5, 5.41) is 2.88. The average Bonchev–Trinajstić information content (AvgIpc) is 3.10.